The normalized spacial score (nSPS) is 23.2. The zero-order chi connectivity index (χ0) is 15.5. The first-order valence-corrected chi connectivity index (χ1v) is 7.19. The van der Waals surface area contributed by atoms with E-state index < -0.39 is 11.6 Å². The van der Waals surface area contributed by atoms with E-state index in [1.807, 2.05) is 0 Å². The quantitative estimate of drug-likeness (QED) is 0.782. The Labute approximate surface area is 123 Å². The minimum Gasteiger partial charge on any atom is -0.377 e. The number of carbonyl (C=O) groups excluding carboxylic acids is 1. The van der Waals surface area contributed by atoms with Crippen LogP contribution in [0.15, 0.2) is 18.2 Å². The van der Waals surface area contributed by atoms with Gasteiger partial charge in [-0.2, -0.15) is 0 Å². The molecule has 5 heteroatoms. The Kier molecular flexibility index (Phi) is 5.06. The molecule has 0 amide bonds. The van der Waals surface area contributed by atoms with Crippen LogP contribution in [0, 0.1) is 11.6 Å². The molecule has 0 bridgehead atoms. The molecule has 1 unspecified atom stereocenters. The number of hydrogen-bond donors (Lipinski definition) is 0. The summed E-state index contributed by atoms with van der Waals surface area (Å²) in [6.07, 6.45) is 2.28. The van der Waals surface area contributed by atoms with Gasteiger partial charge in [0.05, 0.1) is 5.60 Å². The van der Waals surface area contributed by atoms with E-state index in [-0.39, 0.29) is 23.4 Å². The van der Waals surface area contributed by atoms with E-state index in [0.717, 1.165) is 44.1 Å². The fourth-order valence-electron chi connectivity index (χ4n) is 2.78. The number of halogens is 2. The van der Waals surface area contributed by atoms with Gasteiger partial charge in [0.15, 0.2) is 5.78 Å². The molecule has 1 aliphatic rings. The van der Waals surface area contributed by atoms with Gasteiger partial charge < -0.3 is 9.64 Å². The molecule has 1 aliphatic heterocycles. The molecule has 1 atom stereocenters. The van der Waals surface area contributed by atoms with Crippen molar-refractivity contribution in [1.82, 2.24) is 4.90 Å². The molecule has 0 N–H and O–H groups in total. The van der Waals surface area contributed by atoms with Crippen LogP contribution in [-0.2, 0) is 4.74 Å². The Bertz CT molecular complexity index is 501. The van der Waals surface area contributed by atoms with Crippen LogP contribution in [0.25, 0.3) is 0 Å². The lowest BCUT2D eigenvalue weighted by atomic mass is 9.94. The van der Waals surface area contributed by atoms with Crippen molar-refractivity contribution in [3.63, 3.8) is 0 Å². The number of benzene rings is 1. The van der Waals surface area contributed by atoms with Gasteiger partial charge in [-0.25, -0.2) is 8.78 Å². The topological polar surface area (TPSA) is 29.5 Å². The summed E-state index contributed by atoms with van der Waals surface area (Å²) < 4.78 is 31.7. The predicted octanol–water partition coefficient (Wildman–Crippen LogP) is 3.04. The highest BCUT2D eigenvalue weighted by atomic mass is 19.1. The van der Waals surface area contributed by atoms with Gasteiger partial charge >= 0.3 is 0 Å². The maximum Gasteiger partial charge on any atom is 0.164 e. The molecule has 21 heavy (non-hydrogen) atoms. The Morgan fingerprint density at radius 2 is 2.00 bits per heavy atom. The van der Waals surface area contributed by atoms with E-state index in [1.54, 1.807) is 7.11 Å². The van der Waals surface area contributed by atoms with Crippen molar-refractivity contribution >= 4 is 5.78 Å². The second-order valence-corrected chi connectivity index (χ2v) is 5.87. The number of carbonyl (C=O) groups is 1. The lowest BCUT2D eigenvalue weighted by Crippen LogP contribution is -2.47. The highest BCUT2D eigenvalue weighted by molar-refractivity contribution is 5.96. The number of hydrogen-bond acceptors (Lipinski definition) is 3. The van der Waals surface area contributed by atoms with Crippen molar-refractivity contribution in [2.45, 2.75) is 31.8 Å². The van der Waals surface area contributed by atoms with Crippen LogP contribution in [0.3, 0.4) is 0 Å². The van der Waals surface area contributed by atoms with Crippen LogP contribution in [0.1, 0.15) is 36.5 Å². The van der Waals surface area contributed by atoms with E-state index >= 15 is 0 Å². The number of piperidine rings is 1. The zero-order valence-electron chi connectivity index (χ0n) is 12.5. The summed E-state index contributed by atoms with van der Waals surface area (Å²) >= 11 is 0. The number of ether oxygens (including phenoxy) is 1. The van der Waals surface area contributed by atoms with Crippen molar-refractivity contribution in [3.8, 4) is 0 Å². The minimum absolute atomic E-state index is 0.0963. The number of rotatable bonds is 5. The van der Waals surface area contributed by atoms with Gasteiger partial charge in [-0.15, -0.1) is 0 Å². The summed E-state index contributed by atoms with van der Waals surface area (Å²) in [6.45, 7) is 4.33. The molecule has 1 heterocycles. The van der Waals surface area contributed by atoms with Crippen LogP contribution in [0.4, 0.5) is 8.78 Å². The first kappa shape index (κ1) is 16.0. The maximum absolute atomic E-state index is 13.1. The SMILES string of the molecule is COC1(C)CCCN(CCC(=O)c2cc(F)cc(F)c2)C1. The largest absolute Gasteiger partial charge is 0.377 e. The van der Waals surface area contributed by atoms with Crippen LogP contribution in [-0.4, -0.2) is 43.0 Å². The van der Waals surface area contributed by atoms with Gasteiger partial charge in [0.1, 0.15) is 11.6 Å². The van der Waals surface area contributed by atoms with Crippen molar-refractivity contribution in [2.75, 3.05) is 26.7 Å². The molecule has 0 aliphatic carbocycles. The average molecular weight is 297 g/mol. The fourth-order valence-corrected chi connectivity index (χ4v) is 2.78. The zero-order valence-corrected chi connectivity index (χ0v) is 12.5. The third-order valence-electron chi connectivity index (χ3n) is 4.07. The average Bonchev–Trinajstić information content (AvgIpc) is 2.44. The van der Waals surface area contributed by atoms with Crippen LogP contribution in [0.2, 0.25) is 0 Å². The Hall–Kier alpha value is -1.33. The fraction of sp³-hybridized carbons (Fsp3) is 0.562. The summed E-state index contributed by atoms with van der Waals surface area (Å²) in [7, 11) is 1.70. The molecule has 0 spiro atoms. The number of ketones is 1. The first-order chi connectivity index (χ1) is 9.92. The third kappa shape index (κ3) is 4.32. The molecule has 3 nitrogen and oxygen atoms in total. The highest BCUT2D eigenvalue weighted by Gasteiger charge is 2.30. The molecule has 1 saturated heterocycles. The predicted molar refractivity (Wildman–Crippen MR) is 76.4 cm³/mol. The van der Waals surface area contributed by atoms with Gasteiger partial charge in [0.25, 0.3) is 0 Å². The summed E-state index contributed by atoms with van der Waals surface area (Å²) in [4.78, 5) is 14.2. The smallest absolute Gasteiger partial charge is 0.164 e. The molecule has 1 aromatic rings. The van der Waals surface area contributed by atoms with E-state index in [0.29, 0.717) is 6.54 Å². The second kappa shape index (κ2) is 6.62. The standard InChI is InChI=1S/C16H21F2NO2/c1-16(21-2)5-3-6-19(11-16)7-4-15(20)12-8-13(17)10-14(18)9-12/h8-10H,3-7,11H2,1-2H3. The number of methoxy groups -OCH3 is 1. The molecule has 0 saturated carbocycles. The lowest BCUT2D eigenvalue weighted by Gasteiger charge is -2.39. The highest BCUT2D eigenvalue weighted by Crippen LogP contribution is 2.24. The summed E-state index contributed by atoms with van der Waals surface area (Å²) in [5.74, 6) is -1.68. The van der Waals surface area contributed by atoms with Gasteiger partial charge in [0.2, 0.25) is 0 Å². The summed E-state index contributed by atoms with van der Waals surface area (Å²) in [5, 5.41) is 0. The van der Waals surface area contributed by atoms with Crippen LogP contribution in [0.5, 0.6) is 0 Å². The molecule has 2 rings (SSSR count). The Balaban J connectivity index is 1.92. The van der Waals surface area contributed by atoms with Gasteiger partial charge in [-0.1, -0.05) is 0 Å². The van der Waals surface area contributed by atoms with Crippen molar-refractivity contribution in [3.05, 3.63) is 35.4 Å². The molecule has 0 aromatic heterocycles. The summed E-state index contributed by atoms with van der Waals surface area (Å²) in [5.41, 5.74) is -0.0780. The molecular formula is C16H21F2NO2. The molecule has 1 fully saturated rings. The molecule has 0 radical (unpaired) electrons. The molecule has 116 valence electrons. The van der Waals surface area contributed by atoms with Crippen molar-refractivity contribution < 1.29 is 18.3 Å². The number of Topliss-reactive ketones (excluding diaryl/α,β-unsaturated/α-hetero) is 1. The van der Waals surface area contributed by atoms with E-state index in [2.05, 4.69) is 11.8 Å². The second-order valence-electron chi connectivity index (χ2n) is 5.87. The summed E-state index contributed by atoms with van der Waals surface area (Å²) in [6, 6.07) is 2.94. The minimum atomic E-state index is -0.719. The maximum atomic E-state index is 13.1. The van der Waals surface area contributed by atoms with Gasteiger partial charge in [-0.05, 0) is 38.4 Å². The van der Waals surface area contributed by atoms with Crippen molar-refractivity contribution in [1.29, 1.82) is 0 Å². The lowest BCUT2D eigenvalue weighted by molar-refractivity contribution is -0.0503. The van der Waals surface area contributed by atoms with Gasteiger partial charge in [0, 0.05) is 38.2 Å². The van der Waals surface area contributed by atoms with E-state index in [1.165, 1.54) is 0 Å². The number of nitrogens with zero attached hydrogens (tertiary/aromatic N) is 1. The van der Waals surface area contributed by atoms with Crippen LogP contribution < -0.4 is 0 Å². The van der Waals surface area contributed by atoms with Gasteiger partial charge in [-0.3, -0.25) is 4.79 Å². The first-order valence-electron chi connectivity index (χ1n) is 7.19. The molecule has 1 aromatic carbocycles. The Morgan fingerprint density at radius 1 is 1.33 bits per heavy atom. The van der Waals surface area contributed by atoms with Crippen molar-refractivity contribution in [2.24, 2.45) is 0 Å². The van der Waals surface area contributed by atoms with E-state index in [4.69, 9.17) is 4.74 Å². The Morgan fingerprint density at radius 3 is 2.62 bits per heavy atom. The monoisotopic (exact) mass is 297 g/mol. The third-order valence-corrected chi connectivity index (χ3v) is 4.07. The van der Waals surface area contributed by atoms with E-state index in [9.17, 15) is 13.6 Å². The molecular weight excluding hydrogens is 276 g/mol. The van der Waals surface area contributed by atoms with Crippen LogP contribution >= 0.6 is 0 Å². The number of likely N-dealkylation sites (tertiary alicyclic amines) is 1.